The minimum atomic E-state index is 0.679. The SMILES string of the molecule is CCCc1nn(-c2ncccn2)c2c1CNCC2. The molecule has 2 aromatic heterocycles. The van der Waals surface area contributed by atoms with Gasteiger partial charge >= 0.3 is 0 Å². The maximum Gasteiger partial charge on any atom is 0.250 e. The van der Waals surface area contributed by atoms with Crippen LogP contribution in [0.25, 0.3) is 5.95 Å². The minimum absolute atomic E-state index is 0.679. The summed E-state index contributed by atoms with van der Waals surface area (Å²) in [5.41, 5.74) is 3.80. The highest BCUT2D eigenvalue weighted by Gasteiger charge is 2.21. The highest BCUT2D eigenvalue weighted by atomic mass is 15.4. The molecule has 5 heteroatoms. The maximum absolute atomic E-state index is 4.70. The summed E-state index contributed by atoms with van der Waals surface area (Å²) < 4.78 is 1.92. The van der Waals surface area contributed by atoms with E-state index in [1.165, 1.54) is 17.0 Å². The van der Waals surface area contributed by atoms with Crippen LogP contribution in [0.2, 0.25) is 0 Å². The standard InChI is InChI=1S/C13H17N5/c1-2-4-11-10-9-14-8-5-12(10)18(17-11)13-15-6-3-7-16-13/h3,6-7,14H,2,4-5,8-9H2,1H3. The van der Waals surface area contributed by atoms with Crippen LogP contribution >= 0.6 is 0 Å². The molecule has 2 aromatic rings. The van der Waals surface area contributed by atoms with E-state index in [2.05, 4.69) is 22.2 Å². The van der Waals surface area contributed by atoms with Crippen molar-refractivity contribution >= 4 is 0 Å². The fourth-order valence-corrected chi connectivity index (χ4v) is 2.42. The van der Waals surface area contributed by atoms with E-state index in [0.29, 0.717) is 5.95 Å². The number of nitrogens with zero attached hydrogens (tertiary/aromatic N) is 4. The zero-order chi connectivity index (χ0) is 12.4. The summed E-state index contributed by atoms with van der Waals surface area (Å²) in [5, 5.41) is 8.11. The van der Waals surface area contributed by atoms with Crippen LogP contribution in [0.1, 0.15) is 30.3 Å². The van der Waals surface area contributed by atoms with E-state index in [9.17, 15) is 0 Å². The third kappa shape index (κ3) is 1.90. The lowest BCUT2D eigenvalue weighted by Gasteiger charge is -2.14. The second-order valence-electron chi connectivity index (χ2n) is 4.51. The Kier molecular flexibility index (Phi) is 3.06. The van der Waals surface area contributed by atoms with Gasteiger partial charge in [0.2, 0.25) is 0 Å². The summed E-state index contributed by atoms with van der Waals surface area (Å²) in [7, 11) is 0. The molecule has 0 aromatic carbocycles. The van der Waals surface area contributed by atoms with Crippen LogP contribution in [-0.2, 0) is 19.4 Å². The maximum atomic E-state index is 4.70. The molecule has 1 aliphatic rings. The number of nitrogens with one attached hydrogen (secondary N) is 1. The molecule has 1 aliphatic heterocycles. The summed E-state index contributed by atoms with van der Waals surface area (Å²) in [6.45, 7) is 4.09. The van der Waals surface area contributed by atoms with Crippen molar-refractivity contribution in [3.05, 3.63) is 35.4 Å². The molecule has 0 radical (unpaired) electrons. The number of hydrogen-bond donors (Lipinski definition) is 1. The predicted molar refractivity (Wildman–Crippen MR) is 68.6 cm³/mol. The Balaban J connectivity index is 2.09. The quantitative estimate of drug-likeness (QED) is 0.881. The normalized spacial score (nSPS) is 14.5. The van der Waals surface area contributed by atoms with E-state index >= 15 is 0 Å². The molecule has 1 N–H and O–H groups in total. The molecule has 3 heterocycles. The van der Waals surface area contributed by atoms with Gasteiger partial charge in [-0.2, -0.15) is 5.10 Å². The van der Waals surface area contributed by atoms with Crippen LogP contribution in [-0.4, -0.2) is 26.3 Å². The molecular formula is C13H17N5. The molecule has 94 valence electrons. The van der Waals surface area contributed by atoms with E-state index in [0.717, 1.165) is 32.4 Å². The van der Waals surface area contributed by atoms with Crippen LogP contribution < -0.4 is 5.32 Å². The van der Waals surface area contributed by atoms with Gasteiger partial charge in [0, 0.05) is 37.5 Å². The lowest BCUT2D eigenvalue weighted by molar-refractivity contribution is 0.616. The van der Waals surface area contributed by atoms with Gasteiger partial charge in [-0.15, -0.1) is 0 Å². The Labute approximate surface area is 106 Å². The molecule has 0 atom stereocenters. The summed E-state index contributed by atoms with van der Waals surface area (Å²) >= 11 is 0. The molecule has 0 aliphatic carbocycles. The van der Waals surface area contributed by atoms with Crippen molar-refractivity contribution < 1.29 is 0 Å². The second-order valence-corrected chi connectivity index (χ2v) is 4.51. The highest BCUT2D eigenvalue weighted by Crippen LogP contribution is 2.21. The van der Waals surface area contributed by atoms with Gasteiger partial charge in [-0.05, 0) is 12.5 Å². The number of fused-ring (bicyclic) bond motifs is 1. The Morgan fingerprint density at radius 1 is 1.33 bits per heavy atom. The first-order valence-electron chi connectivity index (χ1n) is 6.48. The summed E-state index contributed by atoms with van der Waals surface area (Å²) in [5.74, 6) is 0.679. The molecule has 0 bridgehead atoms. The number of rotatable bonds is 3. The average Bonchev–Trinajstić information content (AvgIpc) is 2.80. The molecule has 5 nitrogen and oxygen atoms in total. The van der Waals surface area contributed by atoms with Crippen LogP contribution in [0.4, 0.5) is 0 Å². The van der Waals surface area contributed by atoms with Gasteiger partial charge < -0.3 is 5.32 Å². The first-order chi connectivity index (χ1) is 8.90. The molecule has 0 saturated carbocycles. The molecule has 18 heavy (non-hydrogen) atoms. The number of hydrogen-bond acceptors (Lipinski definition) is 4. The molecule has 3 rings (SSSR count). The van der Waals surface area contributed by atoms with E-state index in [1.54, 1.807) is 12.4 Å². The zero-order valence-corrected chi connectivity index (χ0v) is 10.6. The zero-order valence-electron chi connectivity index (χ0n) is 10.6. The van der Waals surface area contributed by atoms with Crippen molar-refractivity contribution in [2.75, 3.05) is 6.54 Å². The fourth-order valence-electron chi connectivity index (χ4n) is 2.42. The summed E-state index contributed by atoms with van der Waals surface area (Å²) in [6.07, 6.45) is 6.64. The molecule has 0 spiro atoms. The van der Waals surface area contributed by atoms with E-state index in [1.807, 2.05) is 10.7 Å². The monoisotopic (exact) mass is 243 g/mol. The van der Waals surface area contributed by atoms with E-state index < -0.39 is 0 Å². The van der Waals surface area contributed by atoms with Crippen LogP contribution in [0.3, 0.4) is 0 Å². The third-order valence-corrected chi connectivity index (χ3v) is 3.24. The van der Waals surface area contributed by atoms with Crippen LogP contribution in [0, 0.1) is 0 Å². The smallest absolute Gasteiger partial charge is 0.250 e. The van der Waals surface area contributed by atoms with Gasteiger partial charge in [-0.1, -0.05) is 13.3 Å². The fraction of sp³-hybridized carbons (Fsp3) is 0.462. The van der Waals surface area contributed by atoms with E-state index in [4.69, 9.17) is 5.10 Å². The van der Waals surface area contributed by atoms with Gasteiger partial charge in [0.25, 0.3) is 5.95 Å². The Bertz CT molecular complexity index is 532. The minimum Gasteiger partial charge on any atom is -0.312 e. The largest absolute Gasteiger partial charge is 0.312 e. The molecule has 0 saturated heterocycles. The van der Waals surface area contributed by atoms with Crippen LogP contribution in [0.5, 0.6) is 0 Å². The van der Waals surface area contributed by atoms with Crippen molar-refractivity contribution in [1.82, 2.24) is 25.1 Å². The number of aryl methyl sites for hydroxylation is 1. The Morgan fingerprint density at radius 3 is 2.94 bits per heavy atom. The highest BCUT2D eigenvalue weighted by molar-refractivity contribution is 5.32. The topological polar surface area (TPSA) is 55.6 Å². The molecule has 0 amide bonds. The third-order valence-electron chi connectivity index (χ3n) is 3.24. The van der Waals surface area contributed by atoms with E-state index in [-0.39, 0.29) is 0 Å². The Morgan fingerprint density at radius 2 is 2.17 bits per heavy atom. The summed E-state index contributed by atoms with van der Waals surface area (Å²) in [6, 6.07) is 1.83. The molecular weight excluding hydrogens is 226 g/mol. The first kappa shape index (κ1) is 11.3. The van der Waals surface area contributed by atoms with Gasteiger partial charge in [0.05, 0.1) is 11.4 Å². The van der Waals surface area contributed by atoms with Crippen molar-refractivity contribution in [2.45, 2.75) is 32.7 Å². The predicted octanol–water partition coefficient (Wildman–Crippen LogP) is 1.26. The molecule has 0 fully saturated rings. The van der Waals surface area contributed by atoms with Gasteiger partial charge in [0.1, 0.15) is 0 Å². The number of aromatic nitrogens is 4. The average molecular weight is 243 g/mol. The van der Waals surface area contributed by atoms with Crippen molar-refractivity contribution in [2.24, 2.45) is 0 Å². The summed E-state index contributed by atoms with van der Waals surface area (Å²) in [4.78, 5) is 8.60. The van der Waals surface area contributed by atoms with Crippen molar-refractivity contribution in [3.63, 3.8) is 0 Å². The van der Waals surface area contributed by atoms with Crippen molar-refractivity contribution in [3.8, 4) is 5.95 Å². The lowest BCUT2D eigenvalue weighted by atomic mass is 10.0. The first-order valence-corrected chi connectivity index (χ1v) is 6.48. The van der Waals surface area contributed by atoms with Gasteiger partial charge in [0.15, 0.2) is 0 Å². The Hall–Kier alpha value is -1.75. The lowest BCUT2D eigenvalue weighted by Crippen LogP contribution is -2.25. The van der Waals surface area contributed by atoms with Crippen LogP contribution in [0.15, 0.2) is 18.5 Å². The second kappa shape index (κ2) is 4.86. The van der Waals surface area contributed by atoms with Crippen molar-refractivity contribution in [1.29, 1.82) is 0 Å². The molecule has 0 unspecified atom stereocenters. The van der Waals surface area contributed by atoms with Gasteiger partial charge in [-0.3, -0.25) is 0 Å². The van der Waals surface area contributed by atoms with Gasteiger partial charge in [-0.25, -0.2) is 14.6 Å².